The number of hydrogen-bond donors (Lipinski definition) is 1. The third kappa shape index (κ3) is 3.01. The summed E-state index contributed by atoms with van der Waals surface area (Å²) in [7, 11) is 0. The number of benzene rings is 2. The minimum Gasteiger partial charge on any atom is -0.391 e. The predicted molar refractivity (Wildman–Crippen MR) is 119 cm³/mol. The molecule has 1 saturated carbocycles. The molecule has 1 aliphatic carbocycles. The fourth-order valence-electron chi connectivity index (χ4n) is 5.57. The Kier molecular flexibility index (Phi) is 4.28. The van der Waals surface area contributed by atoms with Gasteiger partial charge in [-0.05, 0) is 55.0 Å². The highest BCUT2D eigenvalue weighted by Crippen LogP contribution is 2.42. The third-order valence-electron chi connectivity index (χ3n) is 7.11. The standard InChI is InChI=1S/C25H24N4O2/c30-24-12-17-14-28(25(31)19-5-3-8-20-18(19)6-4-10-26-20)13-16(17)11-23(24)29-15-27-21-7-1-2-9-22(21)29/h1-10,15-17,23-24,30H,11-14H2/t16-,17+,23-,24-/m1/s1. The summed E-state index contributed by atoms with van der Waals surface area (Å²) in [5, 5.41) is 11.9. The third-order valence-corrected chi connectivity index (χ3v) is 7.11. The van der Waals surface area contributed by atoms with Gasteiger partial charge >= 0.3 is 0 Å². The van der Waals surface area contributed by atoms with E-state index in [1.54, 1.807) is 6.20 Å². The van der Waals surface area contributed by atoms with Crippen molar-refractivity contribution in [2.45, 2.75) is 25.0 Å². The summed E-state index contributed by atoms with van der Waals surface area (Å²) in [6.45, 7) is 1.44. The normalized spacial score (nSPS) is 25.8. The van der Waals surface area contributed by atoms with Gasteiger partial charge in [0.05, 0.1) is 35.0 Å². The van der Waals surface area contributed by atoms with Crippen LogP contribution >= 0.6 is 0 Å². The first-order valence-corrected chi connectivity index (χ1v) is 10.9. The van der Waals surface area contributed by atoms with Crippen LogP contribution in [-0.4, -0.2) is 49.6 Å². The minimum atomic E-state index is -0.435. The number of para-hydroxylation sites is 2. The number of hydrogen-bond acceptors (Lipinski definition) is 4. The van der Waals surface area contributed by atoms with Crippen LogP contribution in [-0.2, 0) is 0 Å². The summed E-state index contributed by atoms with van der Waals surface area (Å²) < 4.78 is 2.12. The van der Waals surface area contributed by atoms with E-state index in [0.29, 0.717) is 30.4 Å². The van der Waals surface area contributed by atoms with E-state index in [1.165, 1.54) is 0 Å². The van der Waals surface area contributed by atoms with Gasteiger partial charge in [-0.1, -0.05) is 24.3 Å². The second kappa shape index (κ2) is 7.17. The number of aliphatic hydroxyl groups is 1. The molecule has 1 N–H and O–H groups in total. The molecule has 0 spiro atoms. The van der Waals surface area contributed by atoms with Crippen molar-refractivity contribution in [3.8, 4) is 0 Å². The molecule has 4 aromatic rings. The lowest BCUT2D eigenvalue weighted by Crippen LogP contribution is -2.36. The molecule has 156 valence electrons. The van der Waals surface area contributed by atoms with Crippen molar-refractivity contribution in [2.24, 2.45) is 11.8 Å². The van der Waals surface area contributed by atoms with E-state index in [2.05, 4.69) is 20.6 Å². The Hall–Kier alpha value is -3.25. The fourth-order valence-corrected chi connectivity index (χ4v) is 5.57. The number of carbonyl (C=O) groups excluding carboxylic acids is 1. The number of amides is 1. The molecule has 2 fully saturated rings. The lowest BCUT2D eigenvalue weighted by molar-refractivity contribution is 0.0374. The van der Waals surface area contributed by atoms with Gasteiger partial charge in [-0.15, -0.1) is 0 Å². The Morgan fingerprint density at radius 2 is 1.71 bits per heavy atom. The topological polar surface area (TPSA) is 71.2 Å². The van der Waals surface area contributed by atoms with Crippen molar-refractivity contribution in [3.05, 3.63) is 72.7 Å². The SMILES string of the molecule is O=C(c1cccc2ncccc12)N1C[C@H]2C[C@@H](n3cnc4ccccc43)[C@H](O)C[C@H]2C1. The van der Waals surface area contributed by atoms with Crippen LogP contribution in [0, 0.1) is 11.8 Å². The molecule has 2 aromatic carbocycles. The van der Waals surface area contributed by atoms with E-state index in [9.17, 15) is 9.90 Å². The van der Waals surface area contributed by atoms with Gasteiger partial charge in [0.25, 0.3) is 5.91 Å². The zero-order valence-electron chi connectivity index (χ0n) is 17.1. The number of carbonyl (C=O) groups is 1. The van der Waals surface area contributed by atoms with Gasteiger partial charge in [0.15, 0.2) is 0 Å². The molecular formula is C25H24N4O2. The zero-order chi connectivity index (χ0) is 20.9. The van der Waals surface area contributed by atoms with Crippen LogP contribution in [0.15, 0.2) is 67.1 Å². The highest BCUT2D eigenvalue weighted by atomic mass is 16.3. The molecule has 0 bridgehead atoms. The van der Waals surface area contributed by atoms with Crippen LogP contribution in [0.4, 0.5) is 0 Å². The quantitative estimate of drug-likeness (QED) is 0.545. The molecule has 1 saturated heterocycles. The van der Waals surface area contributed by atoms with E-state index < -0.39 is 6.10 Å². The maximum Gasteiger partial charge on any atom is 0.254 e. The summed E-state index contributed by atoms with van der Waals surface area (Å²) in [4.78, 5) is 24.3. The Bertz CT molecular complexity index is 1280. The Morgan fingerprint density at radius 3 is 2.61 bits per heavy atom. The number of pyridine rings is 1. The van der Waals surface area contributed by atoms with Crippen molar-refractivity contribution in [3.63, 3.8) is 0 Å². The fraction of sp³-hybridized carbons (Fsp3) is 0.320. The molecule has 3 heterocycles. The molecule has 4 atom stereocenters. The summed E-state index contributed by atoms with van der Waals surface area (Å²) in [5.41, 5.74) is 3.55. The minimum absolute atomic E-state index is 0.00884. The van der Waals surface area contributed by atoms with Gasteiger partial charge in [-0.25, -0.2) is 4.98 Å². The molecule has 31 heavy (non-hydrogen) atoms. The number of imidazole rings is 1. The van der Waals surface area contributed by atoms with Gasteiger partial charge in [0, 0.05) is 30.2 Å². The monoisotopic (exact) mass is 412 g/mol. The van der Waals surface area contributed by atoms with Gasteiger partial charge in [-0.2, -0.15) is 0 Å². The molecule has 1 aliphatic heterocycles. The van der Waals surface area contributed by atoms with E-state index in [0.717, 1.165) is 34.9 Å². The Labute approximate surface area is 180 Å². The predicted octanol–water partition coefficient (Wildman–Crippen LogP) is 3.67. The lowest BCUT2D eigenvalue weighted by atomic mass is 9.77. The van der Waals surface area contributed by atoms with Crippen molar-refractivity contribution in [2.75, 3.05) is 13.1 Å². The first-order chi connectivity index (χ1) is 15.2. The maximum atomic E-state index is 13.4. The van der Waals surface area contributed by atoms with Gasteiger partial charge in [0.2, 0.25) is 0 Å². The van der Waals surface area contributed by atoms with Gasteiger partial charge in [-0.3, -0.25) is 9.78 Å². The van der Waals surface area contributed by atoms with Crippen LogP contribution in [0.25, 0.3) is 21.9 Å². The van der Waals surface area contributed by atoms with Crippen molar-refractivity contribution >= 4 is 27.8 Å². The van der Waals surface area contributed by atoms with Gasteiger partial charge < -0.3 is 14.6 Å². The number of aliphatic hydroxyl groups excluding tert-OH is 1. The number of aromatic nitrogens is 3. The highest BCUT2D eigenvalue weighted by Gasteiger charge is 2.44. The zero-order valence-corrected chi connectivity index (χ0v) is 17.1. The molecule has 2 aromatic heterocycles. The largest absolute Gasteiger partial charge is 0.391 e. The summed E-state index contributed by atoms with van der Waals surface area (Å²) >= 11 is 0. The van der Waals surface area contributed by atoms with Crippen molar-refractivity contribution in [1.82, 2.24) is 19.4 Å². The molecule has 1 amide bonds. The van der Waals surface area contributed by atoms with Crippen LogP contribution in [0.3, 0.4) is 0 Å². The smallest absolute Gasteiger partial charge is 0.254 e. The molecular weight excluding hydrogens is 388 g/mol. The number of nitrogens with zero attached hydrogens (tertiary/aromatic N) is 4. The number of rotatable bonds is 2. The van der Waals surface area contributed by atoms with Crippen molar-refractivity contribution < 1.29 is 9.90 Å². The summed E-state index contributed by atoms with van der Waals surface area (Å²) in [6.07, 6.45) is 4.73. The van der Waals surface area contributed by atoms with Crippen LogP contribution < -0.4 is 0 Å². The second-order valence-electron chi connectivity index (χ2n) is 8.85. The average molecular weight is 412 g/mol. The molecule has 0 unspecified atom stereocenters. The second-order valence-corrected chi connectivity index (χ2v) is 8.85. The van der Waals surface area contributed by atoms with E-state index in [-0.39, 0.29) is 11.9 Å². The van der Waals surface area contributed by atoms with Crippen LogP contribution in [0.5, 0.6) is 0 Å². The summed E-state index contributed by atoms with van der Waals surface area (Å²) in [6, 6.07) is 17.6. The molecule has 6 rings (SSSR count). The van der Waals surface area contributed by atoms with E-state index in [4.69, 9.17) is 0 Å². The first-order valence-electron chi connectivity index (χ1n) is 10.9. The Morgan fingerprint density at radius 1 is 0.903 bits per heavy atom. The van der Waals surface area contributed by atoms with E-state index >= 15 is 0 Å². The average Bonchev–Trinajstić information content (AvgIpc) is 3.41. The van der Waals surface area contributed by atoms with Crippen LogP contribution in [0.1, 0.15) is 29.2 Å². The maximum absolute atomic E-state index is 13.4. The molecule has 0 radical (unpaired) electrons. The molecule has 6 nitrogen and oxygen atoms in total. The Balaban J connectivity index is 1.26. The van der Waals surface area contributed by atoms with Gasteiger partial charge in [0.1, 0.15) is 0 Å². The highest BCUT2D eigenvalue weighted by molar-refractivity contribution is 6.06. The van der Waals surface area contributed by atoms with Crippen molar-refractivity contribution in [1.29, 1.82) is 0 Å². The molecule has 6 heteroatoms. The first kappa shape index (κ1) is 18.5. The number of fused-ring (bicyclic) bond motifs is 3. The summed E-state index contributed by atoms with van der Waals surface area (Å²) in [5.74, 6) is 0.775. The molecule has 2 aliphatic rings. The van der Waals surface area contributed by atoms with Crippen LogP contribution in [0.2, 0.25) is 0 Å². The van der Waals surface area contributed by atoms with E-state index in [1.807, 2.05) is 59.8 Å². The number of likely N-dealkylation sites (tertiary alicyclic amines) is 1. The lowest BCUT2D eigenvalue weighted by Gasteiger charge is -2.36.